The molecule has 0 bridgehead atoms. The van der Waals surface area contributed by atoms with Crippen LogP contribution in [-0.2, 0) is 4.74 Å². The van der Waals surface area contributed by atoms with Gasteiger partial charge in [-0.05, 0) is 57.5 Å². The Balaban J connectivity index is 2.20. The molecule has 6 heteroatoms. The van der Waals surface area contributed by atoms with Crippen LogP contribution in [0.25, 0.3) is 0 Å². The molecule has 0 aliphatic rings. The second-order valence-electron chi connectivity index (χ2n) is 5.82. The van der Waals surface area contributed by atoms with E-state index in [4.69, 9.17) is 9.47 Å². The van der Waals surface area contributed by atoms with E-state index in [0.717, 1.165) is 0 Å². The Morgan fingerprint density at radius 3 is 2.20 bits per heavy atom. The fourth-order valence-electron chi connectivity index (χ4n) is 2.63. The number of H-pyrrole nitrogens is 1. The number of hydrogen-bond acceptors (Lipinski definition) is 5. The molecule has 0 aliphatic carbocycles. The zero-order valence-electron chi connectivity index (χ0n) is 14.9. The maximum Gasteiger partial charge on any atom is 0.339 e. The number of hydrogen-bond donors (Lipinski definition) is 1. The minimum Gasteiger partial charge on any atom is -0.483 e. The van der Waals surface area contributed by atoms with Crippen molar-refractivity contribution in [2.45, 2.75) is 33.8 Å². The van der Waals surface area contributed by atoms with Crippen LogP contribution in [0.2, 0.25) is 0 Å². The summed E-state index contributed by atoms with van der Waals surface area (Å²) in [5.74, 6) is -0.312. The predicted molar refractivity (Wildman–Crippen MR) is 92.5 cm³/mol. The first-order valence-electron chi connectivity index (χ1n) is 7.85. The third-order valence-corrected chi connectivity index (χ3v) is 4.02. The molecule has 1 aromatic heterocycles. The van der Waals surface area contributed by atoms with E-state index in [2.05, 4.69) is 4.98 Å². The highest BCUT2D eigenvalue weighted by Gasteiger charge is 2.26. The lowest BCUT2D eigenvalue weighted by molar-refractivity contribution is 0.0599. The Kier molecular flexibility index (Phi) is 5.41. The standard InChI is InChI=1S/C19H21NO5/c1-10-16(19(23)24-5)11(2)20-17(10)18(22)13(4)25-15-8-6-14(7-9-15)12(3)21/h6-9,13,20H,1-5H3. The molecule has 0 aliphatic heterocycles. The molecule has 2 rings (SSSR count). The quantitative estimate of drug-likeness (QED) is 0.643. The van der Waals surface area contributed by atoms with Crippen molar-refractivity contribution in [1.82, 2.24) is 4.98 Å². The average Bonchev–Trinajstić information content (AvgIpc) is 2.88. The predicted octanol–water partition coefficient (Wildman–Crippen LogP) is 3.27. The fourth-order valence-corrected chi connectivity index (χ4v) is 2.63. The molecule has 1 N–H and O–H groups in total. The van der Waals surface area contributed by atoms with Crippen LogP contribution in [0.5, 0.6) is 5.75 Å². The van der Waals surface area contributed by atoms with Crippen molar-refractivity contribution >= 4 is 17.5 Å². The van der Waals surface area contributed by atoms with Gasteiger partial charge in [-0.15, -0.1) is 0 Å². The van der Waals surface area contributed by atoms with Gasteiger partial charge in [-0.3, -0.25) is 9.59 Å². The number of esters is 1. The zero-order valence-corrected chi connectivity index (χ0v) is 14.9. The summed E-state index contributed by atoms with van der Waals surface area (Å²) in [4.78, 5) is 38.7. The Labute approximate surface area is 146 Å². The van der Waals surface area contributed by atoms with Crippen molar-refractivity contribution in [1.29, 1.82) is 0 Å². The molecule has 1 atom stereocenters. The van der Waals surface area contributed by atoms with Gasteiger partial charge in [-0.2, -0.15) is 0 Å². The van der Waals surface area contributed by atoms with Crippen molar-refractivity contribution < 1.29 is 23.9 Å². The first-order chi connectivity index (χ1) is 11.8. The summed E-state index contributed by atoms with van der Waals surface area (Å²) < 4.78 is 10.4. The highest BCUT2D eigenvalue weighted by molar-refractivity contribution is 6.03. The Bertz CT molecular complexity index is 817. The third kappa shape index (κ3) is 3.79. The summed E-state index contributed by atoms with van der Waals surface area (Å²) in [6.45, 7) is 6.52. The summed E-state index contributed by atoms with van der Waals surface area (Å²) in [5, 5.41) is 0. The van der Waals surface area contributed by atoms with Crippen LogP contribution in [-0.4, -0.2) is 35.7 Å². The van der Waals surface area contributed by atoms with Gasteiger partial charge in [0.2, 0.25) is 5.78 Å². The number of aryl methyl sites for hydroxylation is 1. The lowest BCUT2D eigenvalue weighted by atomic mass is 10.1. The fraction of sp³-hybridized carbons (Fsp3) is 0.316. The molecule has 0 radical (unpaired) electrons. The number of aromatic nitrogens is 1. The number of methoxy groups -OCH3 is 1. The average molecular weight is 343 g/mol. The van der Waals surface area contributed by atoms with Crippen LogP contribution >= 0.6 is 0 Å². The van der Waals surface area contributed by atoms with Crippen molar-refractivity contribution in [2.75, 3.05) is 7.11 Å². The lowest BCUT2D eigenvalue weighted by Gasteiger charge is -2.14. The van der Waals surface area contributed by atoms with E-state index in [0.29, 0.717) is 33.8 Å². The lowest BCUT2D eigenvalue weighted by Crippen LogP contribution is -2.25. The second-order valence-corrected chi connectivity index (χ2v) is 5.82. The van der Waals surface area contributed by atoms with E-state index in [9.17, 15) is 14.4 Å². The van der Waals surface area contributed by atoms with Crippen molar-refractivity contribution in [3.8, 4) is 5.75 Å². The zero-order chi connectivity index (χ0) is 18.7. The summed E-state index contributed by atoms with van der Waals surface area (Å²) in [7, 11) is 1.30. The highest BCUT2D eigenvalue weighted by Crippen LogP contribution is 2.22. The van der Waals surface area contributed by atoms with Gasteiger partial charge in [0.1, 0.15) is 5.75 Å². The van der Waals surface area contributed by atoms with E-state index in [1.165, 1.54) is 14.0 Å². The molecule has 0 amide bonds. The van der Waals surface area contributed by atoms with E-state index in [1.807, 2.05) is 0 Å². The van der Waals surface area contributed by atoms with E-state index >= 15 is 0 Å². The molecule has 0 saturated heterocycles. The van der Waals surface area contributed by atoms with Crippen molar-refractivity contribution in [3.63, 3.8) is 0 Å². The maximum absolute atomic E-state index is 12.7. The second kappa shape index (κ2) is 7.34. The van der Waals surface area contributed by atoms with E-state index in [1.54, 1.807) is 45.0 Å². The summed E-state index contributed by atoms with van der Waals surface area (Å²) in [6, 6.07) is 6.59. The summed E-state index contributed by atoms with van der Waals surface area (Å²) in [5.41, 5.74) is 2.38. The van der Waals surface area contributed by atoms with Gasteiger partial charge in [0.25, 0.3) is 0 Å². The first kappa shape index (κ1) is 18.4. The number of carbonyl (C=O) groups excluding carboxylic acids is 3. The number of benzene rings is 1. The molecule has 2 aromatic rings. The number of aromatic amines is 1. The van der Waals surface area contributed by atoms with Crippen LogP contribution in [0.1, 0.15) is 56.3 Å². The first-order valence-corrected chi connectivity index (χ1v) is 7.85. The molecule has 0 saturated carbocycles. The molecule has 1 heterocycles. The number of nitrogens with one attached hydrogen (secondary N) is 1. The van der Waals surface area contributed by atoms with Gasteiger partial charge < -0.3 is 14.5 Å². The van der Waals surface area contributed by atoms with Crippen LogP contribution in [0, 0.1) is 13.8 Å². The Morgan fingerprint density at radius 1 is 1.08 bits per heavy atom. The molecule has 0 spiro atoms. The van der Waals surface area contributed by atoms with E-state index < -0.39 is 12.1 Å². The highest BCUT2D eigenvalue weighted by atomic mass is 16.5. The smallest absolute Gasteiger partial charge is 0.339 e. The number of ether oxygens (including phenoxy) is 2. The molecular weight excluding hydrogens is 322 g/mol. The molecule has 25 heavy (non-hydrogen) atoms. The van der Waals surface area contributed by atoms with Crippen LogP contribution < -0.4 is 4.74 Å². The topological polar surface area (TPSA) is 85.5 Å². The van der Waals surface area contributed by atoms with Crippen molar-refractivity contribution in [3.05, 3.63) is 52.3 Å². The molecular formula is C19H21NO5. The molecule has 132 valence electrons. The van der Waals surface area contributed by atoms with Crippen LogP contribution in [0.4, 0.5) is 0 Å². The normalized spacial score (nSPS) is 11.7. The Morgan fingerprint density at radius 2 is 1.68 bits per heavy atom. The summed E-state index contributed by atoms with van der Waals surface area (Å²) >= 11 is 0. The van der Waals surface area contributed by atoms with Gasteiger partial charge in [0, 0.05) is 11.3 Å². The van der Waals surface area contributed by atoms with Gasteiger partial charge in [0.05, 0.1) is 18.4 Å². The minimum absolute atomic E-state index is 0.0384. The number of rotatable bonds is 6. The molecule has 6 nitrogen and oxygen atoms in total. The minimum atomic E-state index is -0.759. The largest absolute Gasteiger partial charge is 0.483 e. The number of ketones is 2. The molecule has 0 fully saturated rings. The third-order valence-electron chi connectivity index (χ3n) is 4.02. The van der Waals surface area contributed by atoms with Gasteiger partial charge in [0.15, 0.2) is 11.9 Å². The van der Waals surface area contributed by atoms with Gasteiger partial charge in [-0.25, -0.2) is 4.79 Å². The monoisotopic (exact) mass is 343 g/mol. The maximum atomic E-state index is 12.7. The number of Topliss-reactive ketones (excluding diaryl/α,β-unsaturated/α-hetero) is 2. The SMILES string of the molecule is COC(=O)c1c(C)[nH]c(C(=O)C(C)Oc2ccc(C(C)=O)cc2)c1C. The Hall–Kier alpha value is -2.89. The molecule has 1 unspecified atom stereocenters. The van der Waals surface area contributed by atoms with E-state index in [-0.39, 0.29) is 11.6 Å². The van der Waals surface area contributed by atoms with Crippen LogP contribution in [0.15, 0.2) is 24.3 Å². The van der Waals surface area contributed by atoms with Gasteiger partial charge >= 0.3 is 5.97 Å². The number of carbonyl (C=O) groups is 3. The summed E-state index contributed by atoms with van der Waals surface area (Å²) in [6.07, 6.45) is -0.759. The van der Waals surface area contributed by atoms with Crippen LogP contribution in [0.3, 0.4) is 0 Å². The van der Waals surface area contributed by atoms with Crippen molar-refractivity contribution in [2.24, 2.45) is 0 Å². The molecule has 1 aromatic carbocycles. The van der Waals surface area contributed by atoms with Gasteiger partial charge in [-0.1, -0.05) is 0 Å².